The smallest absolute Gasteiger partial charge is 0.326 e. The number of primary amides is 2. The number of nitrogens with zero attached hydrogens (tertiary/aromatic N) is 1. The zero-order valence-corrected chi connectivity index (χ0v) is 16.9. The molecule has 5 amide bonds. The first-order valence-electron chi connectivity index (χ1n) is 9.49. The van der Waals surface area contributed by atoms with Crippen molar-refractivity contribution in [3.05, 3.63) is 0 Å². The van der Waals surface area contributed by atoms with Crippen LogP contribution in [0, 0.1) is 0 Å². The fourth-order valence-corrected chi connectivity index (χ4v) is 3.06. The van der Waals surface area contributed by atoms with Crippen molar-refractivity contribution in [2.24, 2.45) is 17.2 Å². The normalized spacial score (nSPS) is 19.6. The third-order valence-electron chi connectivity index (χ3n) is 4.70. The van der Waals surface area contributed by atoms with Gasteiger partial charge in [-0.3, -0.25) is 24.0 Å². The van der Waals surface area contributed by atoms with Gasteiger partial charge in [0.1, 0.15) is 24.2 Å². The van der Waals surface area contributed by atoms with Gasteiger partial charge in [0, 0.05) is 6.54 Å². The van der Waals surface area contributed by atoms with E-state index in [-0.39, 0.29) is 13.0 Å². The maximum Gasteiger partial charge on any atom is 0.326 e. The van der Waals surface area contributed by atoms with Gasteiger partial charge in [0.25, 0.3) is 0 Å². The van der Waals surface area contributed by atoms with Crippen LogP contribution in [-0.2, 0) is 28.8 Å². The fraction of sp³-hybridized carbons (Fsp3) is 0.647. The molecule has 0 aliphatic carbocycles. The van der Waals surface area contributed by atoms with Crippen LogP contribution in [0.4, 0.5) is 0 Å². The molecule has 1 saturated heterocycles. The average molecular weight is 444 g/mol. The molecule has 5 atom stereocenters. The lowest BCUT2D eigenvalue weighted by molar-refractivity contribution is -0.146. The van der Waals surface area contributed by atoms with Crippen LogP contribution in [0.25, 0.3) is 0 Å². The van der Waals surface area contributed by atoms with Gasteiger partial charge in [0.2, 0.25) is 29.5 Å². The van der Waals surface area contributed by atoms with E-state index in [9.17, 15) is 33.9 Å². The summed E-state index contributed by atoms with van der Waals surface area (Å²) in [6.07, 6.45) is -1.87. The van der Waals surface area contributed by atoms with Crippen LogP contribution in [0.5, 0.6) is 0 Å². The molecule has 14 nitrogen and oxygen atoms in total. The molecule has 14 heteroatoms. The summed E-state index contributed by atoms with van der Waals surface area (Å²) in [5.74, 6) is -5.85. The van der Waals surface area contributed by atoms with Crippen molar-refractivity contribution in [1.29, 1.82) is 0 Å². The van der Waals surface area contributed by atoms with Gasteiger partial charge in [0.15, 0.2) is 0 Å². The molecule has 5 unspecified atom stereocenters. The number of rotatable bonds is 11. The van der Waals surface area contributed by atoms with Crippen LogP contribution in [0.3, 0.4) is 0 Å². The number of aliphatic hydroxyl groups is 1. The van der Waals surface area contributed by atoms with E-state index >= 15 is 0 Å². The Morgan fingerprint density at radius 1 is 1.03 bits per heavy atom. The number of carbonyl (C=O) groups excluding carboxylic acids is 5. The highest BCUT2D eigenvalue weighted by Gasteiger charge is 2.39. The minimum atomic E-state index is -1.58. The second kappa shape index (κ2) is 11.2. The average Bonchev–Trinajstić information content (AvgIpc) is 3.14. The fourth-order valence-electron chi connectivity index (χ4n) is 3.06. The van der Waals surface area contributed by atoms with Crippen LogP contribution in [0.1, 0.15) is 32.6 Å². The quantitative estimate of drug-likeness (QED) is 0.162. The lowest BCUT2D eigenvalue weighted by Crippen LogP contribution is -2.58. The van der Waals surface area contributed by atoms with Gasteiger partial charge in [-0.25, -0.2) is 4.79 Å². The lowest BCUT2D eigenvalue weighted by atomic mass is 10.1. The van der Waals surface area contributed by atoms with Gasteiger partial charge in [-0.05, 0) is 19.8 Å². The number of hydrogen-bond donors (Lipinski definition) is 7. The Balaban J connectivity index is 2.98. The van der Waals surface area contributed by atoms with Crippen molar-refractivity contribution >= 4 is 35.5 Å². The Bertz CT molecular complexity index is 742. The number of nitrogens with one attached hydrogen (secondary N) is 2. The first-order valence-corrected chi connectivity index (χ1v) is 9.49. The molecule has 0 aromatic rings. The van der Waals surface area contributed by atoms with E-state index in [1.54, 1.807) is 0 Å². The highest BCUT2D eigenvalue weighted by molar-refractivity contribution is 5.97. The van der Waals surface area contributed by atoms with E-state index in [4.69, 9.17) is 22.3 Å². The van der Waals surface area contributed by atoms with E-state index in [0.29, 0.717) is 6.42 Å². The summed E-state index contributed by atoms with van der Waals surface area (Å²) in [5, 5.41) is 23.0. The van der Waals surface area contributed by atoms with Crippen molar-refractivity contribution in [2.75, 3.05) is 6.54 Å². The molecule has 0 spiro atoms. The predicted molar refractivity (Wildman–Crippen MR) is 104 cm³/mol. The molecule has 1 rings (SSSR count). The highest BCUT2D eigenvalue weighted by atomic mass is 16.4. The Labute approximate surface area is 177 Å². The van der Waals surface area contributed by atoms with Crippen LogP contribution < -0.4 is 27.8 Å². The molecular formula is C17H28N6O8. The standard InChI is InChI=1S/C17H28N6O8/c1-7(24)13(20)15(28)21-8(5-11(18)25)16(29)23-4-2-3-10(23)14(27)22-9(17(30)31)6-12(19)26/h7-10,13,24H,2-6,20H2,1H3,(H2,18,25)(H2,19,26)(H,21,28)(H,22,27)(H,30,31). The highest BCUT2D eigenvalue weighted by Crippen LogP contribution is 2.20. The van der Waals surface area contributed by atoms with Crippen molar-refractivity contribution in [3.63, 3.8) is 0 Å². The summed E-state index contributed by atoms with van der Waals surface area (Å²) in [5.41, 5.74) is 15.7. The summed E-state index contributed by atoms with van der Waals surface area (Å²) >= 11 is 0. The van der Waals surface area contributed by atoms with Crippen LogP contribution in [-0.4, -0.2) is 87.4 Å². The molecule has 0 bridgehead atoms. The van der Waals surface area contributed by atoms with Gasteiger partial charge in [-0.1, -0.05) is 0 Å². The molecule has 1 fully saturated rings. The minimum absolute atomic E-state index is 0.0953. The zero-order valence-electron chi connectivity index (χ0n) is 16.9. The first kappa shape index (κ1) is 25.8. The van der Waals surface area contributed by atoms with E-state index in [2.05, 4.69) is 10.6 Å². The van der Waals surface area contributed by atoms with E-state index in [1.807, 2.05) is 0 Å². The Morgan fingerprint density at radius 2 is 1.58 bits per heavy atom. The molecule has 174 valence electrons. The number of aliphatic hydroxyl groups excluding tert-OH is 1. The molecule has 1 aliphatic rings. The molecule has 0 aromatic heterocycles. The number of carboxylic acid groups (broad SMARTS) is 1. The second-order valence-electron chi connectivity index (χ2n) is 7.26. The van der Waals surface area contributed by atoms with Crippen molar-refractivity contribution in [2.45, 2.75) is 62.9 Å². The maximum atomic E-state index is 13.0. The molecule has 0 aromatic carbocycles. The largest absolute Gasteiger partial charge is 0.480 e. The molecule has 10 N–H and O–H groups in total. The number of carboxylic acids is 1. The molecular weight excluding hydrogens is 416 g/mol. The molecule has 0 radical (unpaired) electrons. The van der Waals surface area contributed by atoms with Crippen LogP contribution in [0.2, 0.25) is 0 Å². The second-order valence-corrected chi connectivity index (χ2v) is 7.26. The maximum absolute atomic E-state index is 13.0. The number of likely N-dealkylation sites (tertiary alicyclic amines) is 1. The number of nitrogens with two attached hydrogens (primary N) is 3. The van der Waals surface area contributed by atoms with Crippen molar-refractivity contribution < 1.29 is 39.0 Å². The summed E-state index contributed by atoms with van der Waals surface area (Å²) in [6.45, 7) is 1.36. The number of carbonyl (C=O) groups is 6. The summed E-state index contributed by atoms with van der Waals surface area (Å²) in [4.78, 5) is 72.4. The van der Waals surface area contributed by atoms with Gasteiger partial charge in [-0.15, -0.1) is 0 Å². The Kier molecular flexibility index (Phi) is 9.33. The molecule has 1 heterocycles. The van der Waals surface area contributed by atoms with Crippen molar-refractivity contribution in [1.82, 2.24) is 15.5 Å². The van der Waals surface area contributed by atoms with Crippen LogP contribution >= 0.6 is 0 Å². The van der Waals surface area contributed by atoms with Gasteiger partial charge in [0.05, 0.1) is 18.9 Å². The number of amides is 5. The van der Waals surface area contributed by atoms with Crippen molar-refractivity contribution in [3.8, 4) is 0 Å². The number of aliphatic carboxylic acids is 1. The summed E-state index contributed by atoms with van der Waals surface area (Å²) in [7, 11) is 0. The third-order valence-corrected chi connectivity index (χ3v) is 4.70. The van der Waals surface area contributed by atoms with E-state index in [0.717, 1.165) is 4.90 Å². The first-order chi connectivity index (χ1) is 14.3. The third kappa shape index (κ3) is 7.49. The Morgan fingerprint density at radius 3 is 2.06 bits per heavy atom. The monoisotopic (exact) mass is 444 g/mol. The van der Waals surface area contributed by atoms with E-state index in [1.165, 1.54) is 6.92 Å². The molecule has 0 saturated carbocycles. The van der Waals surface area contributed by atoms with E-state index < -0.39 is 78.6 Å². The zero-order chi connectivity index (χ0) is 23.9. The lowest BCUT2D eigenvalue weighted by Gasteiger charge is -2.29. The Hall–Kier alpha value is -3.26. The predicted octanol–water partition coefficient (Wildman–Crippen LogP) is -4.51. The topological polar surface area (TPSA) is 248 Å². The van der Waals surface area contributed by atoms with Crippen LogP contribution in [0.15, 0.2) is 0 Å². The molecule has 1 aliphatic heterocycles. The van der Waals surface area contributed by atoms with Gasteiger partial charge >= 0.3 is 5.97 Å². The van der Waals surface area contributed by atoms with Gasteiger partial charge < -0.3 is 42.9 Å². The summed E-state index contributed by atoms with van der Waals surface area (Å²) < 4.78 is 0. The van der Waals surface area contributed by atoms with Gasteiger partial charge in [-0.2, -0.15) is 0 Å². The number of hydrogen-bond acceptors (Lipinski definition) is 8. The SMILES string of the molecule is CC(O)C(N)C(=O)NC(CC(N)=O)C(=O)N1CCCC1C(=O)NC(CC(N)=O)C(=O)O. The minimum Gasteiger partial charge on any atom is -0.480 e. The molecule has 31 heavy (non-hydrogen) atoms. The summed E-state index contributed by atoms with van der Waals surface area (Å²) in [6, 6.07) is -5.48.